The molecule has 0 aliphatic heterocycles. The molecular weight excluding hydrogens is 492 g/mol. The summed E-state index contributed by atoms with van der Waals surface area (Å²) in [5.41, 5.74) is 4.31. The number of fused-ring (bicyclic) bond motifs is 2. The molecule has 0 saturated carbocycles. The summed E-state index contributed by atoms with van der Waals surface area (Å²) in [5.74, 6) is -0.0531. The Morgan fingerprint density at radius 1 is 1.11 bits per heavy atom. The number of nitrogens with zero attached hydrogens (tertiary/aromatic N) is 2. The average Bonchev–Trinajstić information content (AvgIpc) is 3.38. The number of carboxylic acids is 1. The predicted molar refractivity (Wildman–Crippen MR) is 146 cm³/mol. The van der Waals surface area contributed by atoms with E-state index in [0.29, 0.717) is 24.6 Å². The van der Waals surface area contributed by atoms with Gasteiger partial charge < -0.3 is 14.4 Å². The van der Waals surface area contributed by atoms with E-state index in [9.17, 15) is 9.90 Å². The van der Waals surface area contributed by atoms with Gasteiger partial charge in [0.2, 0.25) is 0 Å². The molecule has 2 heterocycles. The quantitative estimate of drug-likeness (QED) is 0.231. The van der Waals surface area contributed by atoms with Crippen molar-refractivity contribution in [2.45, 2.75) is 40.3 Å². The number of carboxylic acid groups (broad SMARTS) is 1. The van der Waals surface area contributed by atoms with Gasteiger partial charge in [0, 0.05) is 34.6 Å². The lowest BCUT2D eigenvalue weighted by Gasteiger charge is -2.21. The number of ether oxygens (including phenoxy) is 1. The van der Waals surface area contributed by atoms with Crippen LogP contribution in [0.15, 0.2) is 66.7 Å². The average molecular weight is 519 g/mol. The van der Waals surface area contributed by atoms with Crippen LogP contribution in [-0.4, -0.2) is 20.6 Å². The molecule has 0 spiro atoms. The fourth-order valence-corrected chi connectivity index (χ4v) is 5.45. The maximum absolute atomic E-state index is 11.9. The van der Waals surface area contributed by atoms with Gasteiger partial charge in [-0.05, 0) is 74.4 Å². The van der Waals surface area contributed by atoms with Crippen molar-refractivity contribution >= 4 is 50.0 Å². The fraction of sp³-hybridized carbons (Fsp3) is 0.241. The lowest BCUT2D eigenvalue weighted by atomic mass is 9.87. The maximum Gasteiger partial charge on any atom is 0.309 e. The Hall–Kier alpha value is -3.35. The second-order valence-corrected chi connectivity index (χ2v) is 11.2. The van der Waals surface area contributed by atoms with E-state index in [1.165, 1.54) is 0 Å². The second kappa shape index (κ2) is 9.60. The lowest BCUT2D eigenvalue weighted by Crippen LogP contribution is -2.27. The van der Waals surface area contributed by atoms with Crippen LogP contribution in [0.4, 0.5) is 0 Å². The van der Waals surface area contributed by atoms with E-state index >= 15 is 0 Å². The number of aromatic nitrogens is 2. The van der Waals surface area contributed by atoms with Crippen LogP contribution in [0, 0.1) is 12.3 Å². The number of halogens is 1. The highest BCUT2D eigenvalue weighted by molar-refractivity contribution is 7.18. The third-order valence-corrected chi connectivity index (χ3v) is 7.83. The number of thiazole rings is 1. The monoisotopic (exact) mass is 518 g/mol. The summed E-state index contributed by atoms with van der Waals surface area (Å²) < 4.78 is 9.50. The van der Waals surface area contributed by atoms with Gasteiger partial charge in [-0.25, -0.2) is 4.98 Å². The van der Waals surface area contributed by atoms with Crippen LogP contribution in [0.25, 0.3) is 21.1 Å². The number of para-hydroxylation sites is 1. The summed E-state index contributed by atoms with van der Waals surface area (Å²) in [4.78, 5) is 16.6. The van der Waals surface area contributed by atoms with E-state index in [4.69, 9.17) is 16.3 Å². The van der Waals surface area contributed by atoms with Crippen LogP contribution in [-0.2, 0) is 24.4 Å². The van der Waals surface area contributed by atoms with Crippen LogP contribution in [0.1, 0.15) is 35.7 Å². The smallest absolute Gasteiger partial charge is 0.309 e. The molecule has 5 aromatic rings. The highest BCUT2D eigenvalue weighted by Gasteiger charge is 2.30. The number of aliphatic carboxylic acids is 1. The minimum absolute atomic E-state index is 0.397. The van der Waals surface area contributed by atoms with Gasteiger partial charge in [-0.2, -0.15) is 0 Å². The molecule has 3 aromatic carbocycles. The summed E-state index contributed by atoms with van der Waals surface area (Å²) in [6, 6.07) is 21.9. The van der Waals surface area contributed by atoms with E-state index in [1.807, 2.05) is 54.6 Å². The van der Waals surface area contributed by atoms with Crippen molar-refractivity contribution in [3.63, 3.8) is 0 Å². The van der Waals surface area contributed by atoms with Crippen LogP contribution < -0.4 is 4.74 Å². The molecule has 0 radical (unpaired) electrons. The standard InChI is InChI=1S/C29H27ClN2O3S/c1-18-22-14-21(35-17-27-31-23-6-4-5-7-26(23)36-27)12-13-24(22)32(16-19-8-10-20(30)11-9-19)25(18)15-29(2,3)28(33)34/h4-14H,15-17H2,1-3H3,(H,33,34). The number of hydrogen-bond acceptors (Lipinski definition) is 4. The van der Waals surface area contributed by atoms with Gasteiger partial charge in [-0.3, -0.25) is 4.79 Å². The Kier molecular flexibility index (Phi) is 6.49. The number of hydrogen-bond donors (Lipinski definition) is 1. The Bertz CT molecular complexity index is 1530. The largest absolute Gasteiger partial charge is 0.486 e. The van der Waals surface area contributed by atoms with Gasteiger partial charge in [-0.15, -0.1) is 11.3 Å². The third kappa shape index (κ3) is 4.84. The minimum atomic E-state index is -0.900. The molecule has 0 bridgehead atoms. The molecule has 0 saturated heterocycles. The molecular formula is C29H27ClN2O3S. The van der Waals surface area contributed by atoms with E-state index in [0.717, 1.165) is 48.7 Å². The molecule has 7 heteroatoms. The summed E-state index contributed by atoms with van der Waals surface area (Å²) in [6.07, 6.45) is 0.415. The maximum atomic E-state index is 11.9. The molecule has 0 aliphatic carbocycles. The first kappa shape index (κ1) is 24.3. The summed E-state index contributed by atoms with van der Waals surface area (Å²) in [5, 5.41) is 12.5. The number of benzene rings is 3. The number of aryl methyl sites for hydroxylation is 1. The number of rotatable bonds is 8. The highest BCUT2D eigenvalue weighted by Crippen LogP contribution is 2.34. The molecule has 184 valence electrons. The topological polar surface area (TPSA) is 64.3 Å². The molecule has 0 aliphatic rings. The van der Waals surface area contributed by atoms with Gasteiger partial charge in [0.25, 0.3) is 0 Å². The van der Waals surface area contributed by atoms with Gasteiger partial charge in [0.05, 0.1) is 15.6 Å². The van der Waals surface area contributed by atoms with Crippen LogP contribution in [0.2, 0.25) is 5.02 Å². The normalized spacial score (nSPS) is 11.9. The molecule has 5 nitrogen and oxygen atoms in total. The molecule has 36 heavy (non-hydrogen) atoms. The van der Waals surface area contributed by atoms with Crippen molar-refractivity contribution in [1.82, 2.24) is 9.55 Å². The van der Waals surface area contributed by atoms with Crippen molar-refractivity contribution in [2.24, 2.45) is 5.41 Å². The zero-order chi connectivity index (χ0) is 25.4. The molecule has 0 amide bonds. The van der Waals surface area contributed by atoms with E-state index in [-0.39, 0.29) is 0 Å². The first-order valence-electron chi connectivity index (χ1n) is 11.8. The highest BCUT2D eigenvalue weighted by atomic mass is 35.5. The van der Waals surface area contributed by atoms with Gasteiger partial charge >= 0.3 is 5.97 Å². The van der Waals surface area contributed by atoms with E-state index < -0.39 is 11.4 Å². The Morgan fingerprint density at radius 2 is 1.86 bits per heavy atom. The van der Waals surface area contributed by atoms with Crippen LogP contribution in [0.5, 0.6) is 5.75 Å². The molecule has 0 unspecified atom stereocenters. The second-order valence-electron chi connectivity index (χ2n) is 9.69. The van der Waals surface area contributed by atoms with Gasteiger partial charge in [-0.1, -0.05) is 35.9 Å². The first-order valence-corrected chi connectivity index (χ1v) is 13.0. The molecule has 2 aromatic heterocycles. The van der Waals surface area contributed by atoms with Crippen molar-refractivity contribution in [2.75, 3.05) is 0 Å². The molecule has 0 fully saturated rings. The SMILES string of the molecule is Cc1c(CC(C)(C)C(=O)O)n(Cc2ccc(Cl)cc2)c2ccc(OCc3nc4ccccc4s3)cc12. The summed E-state index contributed by atoms with van der Waals surface area (Å²) >= 11 is 7.73. The Labute approximate surface area is 218 Å². The molecule has 5 rings (SSSR count). The lowest BCUT2D eigenvalue weighted by molar-refractivity contribution is -0.146. The minimum Gasteiger partial charge on any atom is -0.486 e. The first-order chi connectivity index (χ1) is 17.2. The Balaban J connectivity index is 1.50. The van der Waals surface area contributed by atoms with Crippen molar-refractivity contribution in [3.05, 3.63) is 93.6 Å². The summed E-state index contributed by atoms with van der Waals surface area (Å²) in [7, 11) is 0. The Morgan fingerprint density at radius 3 is 2.58 bits per heavy atom. The molecule has 1 N–H and O–H groups in total. The van der Waals surface area contributed by atoms with Gasteiger partial charge in [0.15, 0.2) is 0 Å². The van der Waals surface area contributed by atoms with Crippen LogP contribution in [0.3, 0.4) is 0 Å². The van der Waals surface area contributed by atoms with Crippen molar-refractivity contribution < 1.29 is 14.6 Å². The van der Waals surface area contributed by atoms with Gasteiger partial charge in [0.1, 0.15) is 17.4 Å². The molecule has 0 atom stereocenters. The zero-order valence-corrected chi connectivity index (χ0v) is 22.0. The summed E-state index contributed by atoms with van der Waals surface area (Å²) in [6.45, 7) is 6.62. The third-order valence-electron chi connectivity index (χ3n) is 6.56. The predicted octanol–water partition coefficient (Wildman–Crippen LogP) is 7.49. The van der Waals surface area contributed by atoms with Crippen LogP contribution >= 0.6 is 22.9 Å². The number of carbonyl (C=O) groups is 1. The van der Waals surface area contributed by atoms with Crippen molar-refractivity contribution in [1.29, 1.82) is 0 Å². The fourth-order valence-electron chi connectivity index (χ4n) is 4.45. The van der Waals surface area contributed by atoms with Crippen molar-refractivity contribution in [3.8, 4) is 5.75 Å². The zero-order valence-electron chi connectivity index (χ0n) is 20.4. The van der Waals surface area contributed by atoms with E-state index in [2.05, 4.69) is 28.6 Å². The van der Waals surface area contributed by atoms with E-state index in [1.54, 1.807) is 25.2 Å².